The normalized spacial score (nSPS) is 10.4. The minimum absolute atomic E-state index is 0.00488. The Bertz CT molecular complexity index is 700. The first-order valence-electron chi connectivity index (χ1n) is 6.46. The second-order valence-corrected chi connectivity index (χ2v) is 4.43. The molecular weight excluding hydrogens is 274 g/mol. The van der Waals surface area contributed by atoms with Crippen LogP contribution in [0.5, 0.6) is 0 Å². The first-order chi connectivity index (χ1) is 10.0. The number of nitro groups is 1. The van der Waals surface area contributed by atoms with Crippen LogP contribution >= 0.6 is 0 Å². The van der Waals surface area contributed by atoms with E-state index in [0.717, 1.165) is 5.69 Å². The van der Waals surface area contributed by atoms with Crippen LogP contribution < -0.4 is 5.32 Å². The van der Waals surface area contributed by atoms with Crippen molar-refractivity contribution in [2.24, 2.45) is 0 Å². The number of anilines is 1. The molecule has 0 aliphatic rings. The van der Waals surface area contributed by atoms with Gasteiger partial charge >= 0.3 is 5.97 Å². The zero-order valence-corrected chi connectivity index (χ0v) is 11.8. The second-order valence-electron chi connectivity index (χ2n) is 4.43. The lowest BCUT2D eigenvalue weighted by Crippen LogP contribution is -2.17. The summed E-state index contributed by atoms with van der Waals surface area (Å²) in [5, 5.41) is 14.4. The quantitative estimate of drug-likeness (QED) is 0.516. The number of pyridine rings is 1. The molecule has 0 atom stereocenters. The predicted octanol–water partition coefficient (Wildman–Crippen LogP) is 2.43. The van der Waals surface area contributed by atoms with Gasteiger partial charge in [-0.2, -0.15) is 0 Å². The summed E-state index contributed by atoms with van der Waals surface area (Å²) in [5.41, 5.74) is 1.98. The van der Waals surface area contributed by atoms with E-state index in [0.29, 0.717) is 23.2 Å². The van der Waals surface area contributed by atoms with Crippen LogP contribution in [0.4, 0.5) is 11.4 Å². The van der Waals surface area contributed by atoms with Crippen LogP contribution in [0.1, 0.15) is 12.6 Å². The minimum atomic E-state index is -0.464. The zero-order valence-electron chi connectivity index (χ0n) is 11.8. The predicted molar refractivity (Wildman–Crippen MR) is 78.3 cm³/mol. The van der Waals surface area contributed by atoms with Crippen molar-refractivity contribution in [2.45, 2.75) is 13.8 Å². The lowest BCUT2D eigenvalue weighted by Gasteiger charge is -2.10. The van der Waals surface area contributed by atoms with Gasteiger partial charge in [-0.25, -0.2) is 0 Å². The van der Waals surface area contributed by atoms with Crippen LogP contribution in [0.25, 0.3) is 10.9 Å². The van der Waals surface area contributed by atoms with Gasteiger partial charge in [0.05, 0.1) is 17.0 Å². The number of hydrogen-bond donors (Lipinski definition) is 1. The van der Waals surface area contributed by atoms with E-state index in [9.17, 15) is 14.9 Å². The van der Waals surface area contributed by atoms with E-state index in [1.165, 1.54) is 12.1 Å². The zero-order chi connectivity index (χ0) is 15.4. The maximum Gasteiger partial charge on any atom is 0.325 e. The van der Waals surface area contributed by atoms with Crippen molar-refractivity contribution in [2.75, 3.05) is 18.5 Å². The van der Waals surface area contributed by atoms with Crippen molar-refractivity contribution in [1.29, 1.82) is 0 Å². The molecule has 110 valence electrons. The average Bonchev–Trinajstić information content (AvgIpc) is 2.44. The Morgan fingerprint density at radius 2 is 2.19 bits per heavy atom. The second kappa shape index (κ2) is 6.17. The molecule has 0 saturated carbocycles. The molecule has 2 aromatic rings. The molecule has 7 heteroatoms. The van der Waals surface area contributed by atoms with E-state index in [-0.39, 0.29) is 18.2 Å². The molecule has 1 aromatic heterocycles. The molecule has 0 bridgehead atoms. The van der Waals surface area contributed by atoms with Crippen LogP contribution in [-0.2, 0) is 9.53 Å². The van der Waals surface area contributed by atoms with Crippen LogP contribution in [0.2, 0.25) is 0 Å². The summed E-state index contributed by atoms with van der Waals surface area (Å²) in [7, 11) is 0. The van der Waals surface area contributed by atoms with Gasteiger partial charge in [0.15, 0.2) is 0 Å². The van der Waals surface area contributed by atoms with E-state index in [1.54, 1.807) is 19.1 Å². The Morgan fingerprint density at radius 1 is 1.43 bits per heavy atom. The van der Waals surface area contributed by atoms with E-state index >= 15 is 0 Å². The van der Waals surface area contributed by atoms with Gasteiger partial charge in [-0.05, 0) is 26.0 Å². The molecule has 1 heterocycles. The van der Waals surface area contributed by atoms with Crippen LogP contribution in [0.15, 0.2) is 24.3 Å². The third kappa shape index (κ3) is 3.44. The Balaban J connectivity index is 2.38. The van der Waals surface area contributed by atoms with Crippen molar-refractivity contribution >= 4 is 28.2 Å². The lowest BCUT2D eigenvalue weighted by molar-refractivity contribution is -0.384. The van der Waals surface area contributed by atoms with Crippen molar-refractivity contribution in [1.82, 2.24) is 4.98 Å². The molecule has 0 spiro atoms. The summed E-state index contributed by atoms with van der Waals surface area (Å²) in [6.07, 6.45) is 0. The summed E-state index contributed by atoms with van der Waals surface area (Å²) in [6.45, 7) is 3.85. The van der Waals surface area contributed by atoms with E-state index in [4.69, 9.17) is 4.74 Å². The number of non-ortho nitro benzene ring substituents is 1. The highest BCUT2D eigenvalue weighted by Gasteiger charge is 2.11. The number of ether oxygens (including phenoxy) is 1. The van der Waals surface area contributed by atoms with Crippen LogP contribution in [0.3, 0.4) is 0 Å². The molecular formula is C14H15N3O4. The monoisotopic (exact) mass is 289 g/mol. The Labute approximate surface area is 121 Å². The standard InChI is InChI=1S/C14H15N3O4/c1-3-21-14(18)8-15-13-6-9(2)16-12-5-4-10(17(19)20)7-11(12)13/h4-7H,3,8H2,1-2H3,(H,15,16). The van der Waals surface area contributed by atoms with Gasteiger partial charge in [0, 0.05) is 28.9 Å². The maximum absolute atomic E-state index is 11.4. The molecule has 0 aliphatic heterocycles. The average molecular weight is 289 g/mol. The topological polar surface area (TPSA) is 94.4 Å². The third-order valence-electron chi connectivity index (χ3n) is 2.86. The van der Waals surface area contributed by atoms with E-state index in [1.807, 2.05) is 6.92 Å². The molecule has 21 heavy (non-hydrogen) atoms. The van der Waals surface area contributed by atoms with Crippen LogP contribution in [-0.4, -0.2) is 29.0 Å². The SMILES string of the molecule is CCOC(=O)CNc1cc(C)nc2ccc([N+](=O)[O-])cc12. The fraction of sp³-hybridized carbons (Fsp3) is 0.286. The number of carbonyl (C=O) groups excluding carboxylic acids is 1. The van der Waals surface area contributed by atoms with Crippen molar-refractivity contribution in [3.8, 4) is 0 Å². The number of aromatic nitrogens is 1. The molecule has 1 N–H and O–H groups in total. The van der Waals surface area contributed by atoms with Gasteiger partial charge in [0.2, 0.25) is 0 Å². The molecule has 0 amide bonds. The fourth-order valence-corrected chi connectivity index (χ4v) is 1.99. The summed E-state index contributed by atoms with van der Waals surface area (Å²) < 4.78 is 4.84. The molecule has 7 nitrogen and oxygen atoms in total. The summed E-state index contributed by atoms with van der Waals surface area (Å²) >= 11 is 0. The van der Waals surface area contributed by atoms with Gasteiger partial charge < -0.3 is 10.1 Å². The highest BCUT2D eigenvalue weighted by Crippen LogP contribution is 2.27. The molecule has 0 saturated heterocycles. The fourth-order valence-electron chi connectivity index (χ4n) is 1.99. The number of nitrogens with one attached hydrogen (secondary N) is 1. The number of rotatable bonds is 5. The summed E-state index contributed by atoms with van der Waals surface area (Å²) in [5.74, 6) is -0.384. The van der Waals surface area contributed by atoms with E-state index < -0.39 is 4.92 Å². The molecule has 0 fully saturated rings. The molecule has 0 unspecified atom stereocenters. The number of aryl methyl sites for hydroxylation is 1. The number of nitrogens with zero attached hydrogens (tertiary/aromatic N) is 2. The number of hydrogen-bond acceptors (Lipinski definition) is 6. The van der Waals surface area contributed by atoms with Crippen molar-refractivity contribution < 1.29 is 14.5 Å². The van der Waals surface area contributed by atoms with E-state index in [2.05, 4.69) is 10.3 Å². The maximum atomic E-state index is 11.4. The Morgan fingerprint density at radius 3 is 2.86 bits per heavy atom. The van der Waals surface area contributed by atoms with Gasteiger partial charge in [0.1, 0.15) is 6.54 Å². The largest absolute Gasteiger partial charge is 0.465 e. The number of esters is 1. The number of nitro benzene ring substituents is 1. The Kier molecular flexibility index (Phi) is 4.32. The molecule has 2 rings (SSSR count). The minimum Gasteiger partial charge on any atom is -0.465 e. The van der Waals surface area contributed by atoms with Crippen molar-refractivity contribution in [3.63, 3.8) is 0 Å². The smallest absolute Gasteiger partial charge is 0.325 e. The first-order valence-corrected chi connectivity index (χ1v) is 6.46. The summed E-state index contributed by atoms with van der Waals surface area (Å²) in [4.78, 5) is 26.1. The van der Waals surface area contributed by atoms with Crippen molar-refractivity contribution in [3.05, 3.63) is 40.1 Å². The van der Waals surface area contributed by atoms with Gasteiger partial charge in [0.25, 0.3) is 5.69 Å². The number of benzene rings is 1. The first kappa shape index (κ1) is 14.7. The van der Waals surface area contributed by atoms with Gasteiger partial charge in [-0.1, -0.05) is 0 Å². The van der Waals surface area contributed by atoms with Gasteiger partial charge in [-0.3, -0.25) is 19.9 Å². The number of carbonyl (C=O) groups is 1. The molecule has 0 aliphatic carbocycles. The highest BCUT2D eigenvalue weighted by molar-refractivity contribution is 5.94. The summed E-state index contributed by atoms with van der Waals surface area (Å²) in [6, 6.07) is 6.18. The Hall–Kier alpha value is -2.70. The number of fused-ring (bicyclic) bond motifs is 1. The molecule has 1 aromatic carbocycles. The van der Waals surface area contributed by atoms with Crippen LogP contribution in [0, 0.1) is 17.0 Å². The highest BCUT2D eigenvalue weighted by atomic mass is 16.6. The van der Waals surface area contributed by atoms with Gasteiger partial charge in [-0.15, -0.1) is 0 Å². The third-order valence-corrected chi connectivity index (χ3v) is 2.86. The molecule has 0 radical (unpaired) electrons. The lowest BCUT2D eigenvalue weighted by atomic mass is 10.1.